The third-order valence-electron chi connectivity index (χ3n) is 6.55. The van der Waals surface area contributed by atoms with Crippen LogP contribution in [0.2, 0.25) is 0 Å². The van der Waals surface area contributed by atoms with Crippen LogP contribution in [0.1, 0.15) is 27.7 Å². The van der Waals surface area contributed by atoms with E-state index in [0.29, 0.717) is 22.4 Å². The number of nitrogens with two attached hydrogens (primary N) is 1. The van der Waals surface area contributed by atoms with Gasteiger partial charge in [-0.3, -0.25) is 4.79 Å². The maximum absolute atomic E-state index is 13.4. The maximum atomic E-state index is 13.4. The fraction of sp³-hybridized carbons (Fsp3) is 0.0370. The molecule has 168 valence electrons. The van der Waals surface area contributed by atoms with Gasteiger partial charge in [0.2, 0.25) is 0 Å². The molecule has 35 heavy (non-hydrogen) atoms. The number of benzene rings is 3. The molecule has 7 rings (SSSR count). The molecule has 8 nitrogen and oxygen atoms in total. The normalized spacial score (nSPS) is 14.2. The van der Waals surface area contributed by atoms with Crippen molar-refractivity contribution in [3.63, 3.8) is 0 Å². The van der Waals surface area contributed by atoms with Crippen molar-refractivity contribution in [2.45, 2.75) is 6.04 Å². The first kappa shape index (κ1) is 19.5. The summed E-state index contributed by atoms with van der Waals surface area (Å²) in [6.07, 6.45) is 3.15. The number of rotatable bonds is 3. The Morgan fingerprint density at radius 1 is 0.943 bits per heavy atom. The lowest BCUT2D eigenvalue weighted by molar-refractivity contribution is 0.0940. The number of anilines is 1. The minimum atomic E-state index is -0.322. The second-order valence-corrected chi connectivity index (χ2v) is 8.59. The minimum Gasteiger partial charge on any atom is -0.399 e. The number of carbonyl (C=O) groups excluding carboxylic acids is 1. The number of aromatic amines is 2. The Hall–Kier alpha value is -4.98. The van der Waals surface area contributed by atoms with Crippen molar-refractivity contribution in [3.8, 4) is 22.5 Å². The van der Waals surface area contributed by atoms with Crippen LogP contribution in [0.25, 0.3) is 44.6 Å². The fourth-order valence-electron chi connectivity index (χ4n) is 5.02. The molecule has 3 aromatic carbocycles. The van der Waals surface area contributed by atoms with Crippen LogP contribution in [0.3, 0.4) is 0 Å². The molecule has 0 saturated heterocycles. The van der Waals surface area contributed by atoms with E-state index in [9.17, 15) is 4.79 Å². The van der Waals surface area contributed by atoms with Crippen molar-refractivity contribution >= 4 is 33.7 Å². The maximum Gasteiger partial charge on any atom is 0.271 e. The van der Waals surface area contributed by atoms with Crippen LogP contribution in [-0.2, 0) is 0 Å². The number of nitrogens with one attached hydrogen (secondary N) is 3. The molecule has 0 fully saturated rings. The van der Waals surface area contributed by atoms with Gasteiger partial charge in [-0.05, 0) is 46.5 Å². The number of hydrogen-bond donors (Lipinski definition) is 4. The highest BCUT2D eigenvalue weighted by Crippen LogP contribution is 2.47. The number of hydrogen-bond acceptors (Lipinski definition) is 5. The van der Waals surface area contributed by atoms with Crippen LogP contribution in [0.5, 0.6) is 0 Å². The molecule has 0 spiro atoms. The van der Waals surface area contributed by atoms with Gasteiger partial charge >= 0.3 is 0 Å². The molecular formula is C27H19N7O. The lowest BCUT2D eigenvalue weighted by Gasteiger charge is -2.16. The third kappa shape index (κ3) is 2.93. The van der Waals surface area contributed by atoms with Crippen molar-refractivity contribution < 1.29 is 4.79 Å². The molecule has 3 aromatic heterocycles. The lowest BCUT2D eigenvalue weighted by Crippen LogP contribution is -2.29. The minimum absolute atomic E-state index is 0.255. The van der Waals surface area contributed by atoms with Gasteiger partial charge in [-0.25, -0.2) is 15.0 Å². The number of nitrogen functional groups attached to an aromatic ring is 1. The van der Waals surface area contributed by atoms with E-state index in [1.807, 2.05) is 42.5 Å². The zero-order valence-corrected chi connectivity index (χ0v) is 18.4. The van der Waals surface area contributed by atoms with E-state index in [1.165, 1.54) is 6.33 Å². The van der Waals surface area contributed by atoms with Crippen molar-refractivity contribution in [2.24, 2.45) is 0 Å². The smallest absolute Gasteiger partial charge is 0.271 e. The molecule has 0 radical (unpaired) electrons. The Kier molecular flexibility index (Phi) is 4.04. The van der Waals surface area contributed by atoms with Gasteiger partial charge in [0.15, 0.2) is 0 Å². The van der Waals surface area contributed by atoms with E-state index in [4.69, 9.17) is 10.7 Å². The number of amides is 1. The number of imidazole rings is 1. The number of carbonyl (C=O) groups is 1. The first-order valence-corrected chi connectivity index (χ1v) is 11.2. The highest BCUT2D eigenvalue weighted by molar-refractivity contribution is 6.04. The average molecular weight is 457 g/mol. The van der Waals surface area contributed by atoms with Crippen LogP contribution >= 0.6 is 0 Å². The first-order chi connectivity index (χ1) is 17.2. The number of H-pyrrole nitrogens is 2. The van der Waals surface area contributed by atoms with Crippen LogP contribution in [0.15, 0.2) is 79.3 Å². The summed E-state index contributed by atoms with van der Waals surface area (Å²) in [4.78, 5) is 33.1. The van der Waals surface area contributed by atoms with Crippen LogP contribution in [0.4, 0.5) is 5.69 Å². The molecular weight excluding hydrogens is 438 g/mol. The number of aromatic nitrogens is 5. The Bertz CT molecular complexity index is 1780. The molecule has 0 aliphatic heterocycles. The summed E-state index contributed by atoms with van der Waals surface area (Å²) in [6.45, 7) is 0. The summed E-state index contributed by atoms with van der Waals surface area (Å²) in [5.74, 6) is 0.503. The fourth-order valence-corrected chi connectivity index (χ4v) is 5.02. The van der Waals surface area contributed by atoms with E-state index in [-0.39, 0.29) is 11.9 Å². The monoisotopic (exact) mass is 457 g/mol. The summed E-state index contributed by atoms with van der Waals surface area (Å²) >= 11 is 0. The SMILES string of the molecule is Nc1ccc2nc(-c3cccc4c3-c3ccccc3C4NC(=O)c3ncnc4[nH]ccc34)[nH]c2c1. The molecule has 1 aliphatic rings. The molecule has 1 aliphatic carbocycles. The van der Waals surface area contributed by atoms with E-state index >= 15 is 0 Å². The molecule has 0 bridgehead atoms. The van der Waals surface area contributed by atoms with Gasteiger partial charge < -0.3 is 21.0 Å². The van der Waals surface area contributed by atoms with E-state index in [0.717, 1.165) is 44.7 Å². The first-order valence-electron chi connectivity index (χ1n) is 11.2. The predicted octanol–water partition coefficient (Wildman–Crippen LogP) is 4.58. The predicted molar refractivity (Wildman–Crippen MR) is 135 cm³/mol. The molecule has 6 aromatic rings. The number of fused-ring (bicyclic) bond motifs is 5. The molecule has 5 N–H and O–H groups in total. The van der Waals surface area contributed by atoms with Gasteiger partial charge in [0.25, 0.3) is 5.91 Å². The summed E-state index contributed by atoms with van der Waals surface area (Å²) < 4.78 is 0. The lowest BCUT2D eigenvalue weighted by atomic mass is 9.99. The van der Waals surface area contributed by atoms with Gasteiger partial charge in [-0.15, -0.1) is 0 Å². The summed E-state index contributed by atoms with van der Waals surface area (Å²) in [5, 5.41) is 3.90. The molecule has 1 amide bonds. The quantitative estimate of drug-likeness (QED) is 0.289. The molecule has 1 atom stereocenters. The Balaban J connectivity index is 1.36. The van der Waals surface area contributed by atoms with Crippen LogP contribution in [0, 0.1) is 0 Å². The highest BCUT2D eigenvalue weighted by Gasteiger charge is 2.33. The highest BCUT2D eigenvalue weighted by atomic mass is 16.2. The van der Waals surface area contributed by atoms with E-state index in [1.54, 1.807) is 6.20 Å². The van der Waals surface area contributed by atoms with Gasteiger partial charge in [-0.1, -0.05) is 42.5 Å². The van der Waals surface area contributed by atoms with Gasteiger partial charge in [0.1, 0.15) is 23.5 Å². The van der Waals surface area contributed by atoms with Crippen LogP contribution < -0.4 is 11.1 Å². The zero-order chi connectivity index (χ0) is 23.5. The van der Waals surface area contributed by atoms with Crippen molar-refractivity contribution in [2.75, 3.05) is 5.73 Å². The summed E-state index contributed by atoms with van der Waals surface area (Å²) in [6, 6.07) is 21.4. The van der Waals surface area contributed by atoms with Gasteiger partial charge in [0, 0.05) is 17.4 Å². The van der Waals surface area contributed by atoms with Crippen LogP contribution in [-0.4, -0.2) is 30.8 Å². The molecule has 3 heterocycles. The average Bonchev–Trinajstić information content (AvgIpc) is 3.60. The Labute approximate surface area is 199 Å². The second kappa shape index (κ2) is 7.26. The zero-order valence-electron chi connectivity index (χ0n) is 18.4. The largest absolute Gasteiger partial charge is 0.399 e. The van der Waals surface area contributed by atoms with E-state index in [2.05, 4.69) is 49.5 Å². The second-order valence-electron chi connectivity index (χ2n) is 8.59. The van der Waals surface area contributed by atoms with Gasteiger partial charge in [0.05, 0.1) is 22.5 Å². The molecule has 0 saturated carbocycles. The third-order valence-corrected chi connectivity index (χ3v) is 6.55. The Morgan fingerprint density at radius 2 is 1.80 bits per heavy atom. The summed E-state index contributed by atoms with van der Waals surface area (Å²) in [7, 11) is 0. The van der Waals surface area contributed by atoms with Crippen molar-refractivity contribution in [1.29, 1.82) is 0 Å². The summed E-state index contributed by atoms with van der Waals surface area (Å²) in [5.41, 5.74) is 14.5. The number of nitrogens with zero attached hydrogens (tertiary/aromatic N) is 3. The van der Waals surface area contributed by atoms with E-state index < -0.39 is 0 Å². The Morgan fingerprint density at radius 3 is 2.74 bits per heavy atom. The van der Waals surface area contributed by atoms with Gasteiger partial charge in [-0.2, -0.15) is 0 Å². The molecule has 1 unspecified atom stereocenters. The topological polar surface area (TPSA) is 125 Å². The standard InChI is InChI=1S/C27H19N7O/c28-14-8-9-20-21(12-14)33-26(32-20)18-7-3-6-17-22(18)15-4-1-2-5-16(15)23(17)34-27(35)24-19-10-11-29-25(19)31-13-30-24/h1-13,23H,28H2,(H,32,33)(H,34,35)(H,29,30,31). The van der Waals surface area contributed by atoms with Crippen molar-refractivity contribution in [3.05, 3.63) is 96.1 Å². The van der Waals surface area contributed by atoms with Crippen molar-refractivity contribution in [1.82, 2.24) is 30.2 Å². The molecule has 8 heteroatoms.